The second-order valence-corrected chi connectivity index (χ2v) is 16.8. The quantitative estimate of drug-likeness (QED) is 0.0324. The minimum absolute atomic E-state index is 0.00879. The number of carbonyl (C=O) groups is 2. The predicted octanol–water partition coefficient (Wildman–Crippen LogP) is 14.3. The topological polar surface area (TPSA) is 95.9 Å². The Kier molecular flexibility index (Phi) is 44.7. The summed E-state index contributed by atoms with van der Waals surface area (Å²) in [6.07, 6.45) is 52.9. The molecule has 3 N–H and O–H groups in total. The Hall–Kier alpha value is -1.66. The molecule has 0 fully saturated rings. The molecule has 0 rings (SSSR count). The number of unbranched alkanes of at least 4 members (excludes halogenated alkanes) is 30. The number of hydrogen-bond acceptors (Lipinski definition) is 5. The number of rotatable bonds is 45. The largest absolute Gasteiger partial charge is 0.466 e. The summed E-state index contributed by atoms with van der Waals surface area (Å²) in [4.78, 5) is 24.3. The molecular weight excluding hydrogens is 695 g/mol. The van der Waals surface area contributed by atoms with E-state index in [-0.39, 0.29) is 18.5 Å². The van der Waals surface area contributed by atoms with Gasteiger partial charge in [0.2, 0.25) is 5.91 Å². The highest BCUT2D eigenvalue weighted by Crippen LogP contribution is 2.15. The number of amides is 1. The average molecular weight is 790 g/mol. The van der Waals surface area contributed by atoms with E-state index in [0.717, 1.165) is 57.8 Å². The number of hydrogen-bond donors (Lipinski definition) is 3. The van der Waals surface area contributed by atoms with E-state index in [0.29, 0.717) is 25.9 Å². The minimum atomic E-state index is -0.670. The van der Waals surface area contributed by atoms with Gasteiger partial charge < -0.3 is 20.3 Å². The lowest BCUT2D eigenvalue weighted by Gasteiger charge is -2.22. The van der Waals surface area contributed by atoms with Gasteiger partial charge in [0, 0.05) is 12.8 Å². The van der Waals surface area contributed by atoms with Gasteiger partial charge in [-0.05, 0) is 70.6 Å². The molecule has 0 aliphatic carbocycles. The van der Waals surface area contributed by atoms with E-state index in [9.17, 15) is 19.8 Å². The molecule has 1 amide bonds. The molecule has 0 aromatic rings. The lowest BCUT2D eigenvalue weighted by Crippen LogP contribution is -2.45. The molecule has 0 bridgehead atoms. The number of aliphatic hydroxyl groups is 2. The number of ether oxygens (including phenoxy) is 1. The zero-order chi connectivity index (χ0) is 40.8. The van der Waals surface area contributed by atoms with Gasteiger partial charge in [-0.15, -0.1) is 0 Å². The Labute approximate surface area is 348 Å². The van der Waals surface area contributed by atoms with Crippen LogP contribution in [0.1, 0.15) is 258 Å². The Balaban J connectivity index is 3.45. The summed E-state index contributed by atoms with van der Waals surface area (Å²) in [6, 6.07) is -0.549. The van der Waals surface area contributed by atoms with Gasteiger partial charge in [0.15, 0.2) is 0 Å². The maximum atomic E-state index is 12.4. The van der Waals surface area contributed by atoms with Crippen molar-refractivity contribution >= 4 is 11.9 Å². The molecule has 0 aliphatic heterocycles. The first-order valence-electron chi connectivity index (χ1n) is 24.6. The first kappa shape index (κ1) is 54.3. The van der Waals surface area contributed by atoms with Crippen LogP contribution in [0.3, 0.4) is 0 Å². The molecule has 6 nitrogen and oxygen atoms in total. The van der Waals surface area contributed by atoms with Crippen LogP contribution in [0.2, 0.25) is 0 Å². The fourth-order valence-corrected chi connectivity index (χ4v) is 7.38. The van der Waals surface area contributed by atoms with Crippen molar-refractivity contribution in [2.45, 2.75) is 270 Å². The molecule has 2 atom stereocenters. The summed E-state index contributed by atoms with van der Waals surface area (Å²) in [5, 5.41) is 23.1. The molecule has 0 aromatic carbocycles. The van der Waals surface area contributed by atoms with Crippen molar-refractivity contribution in [1.29, 1.82) is 0 Å². The number of carbonyl (C=O) groups excluding carboxylic acids is 2. The van der Waals surface area contributed by atoms with Crippen LogP contribution in [0.4, 0.5) is 0 Å². The fraction of sp³-hybridized carbons (Fsp3) is 0.880. The summed E-state index contributed by atoms with van der Waals surface area (Å²) < 4.78 is 5.44. The first-order valence-corrected chi connectivity index (χ1v) is 24.6. The molecule has 6 heteroatoms. The molecule has 0 saturated carbocycles. The molecule has 0 heterocycles. The Morgan fingerprint density at radius 2 is 0.857 bits per heavy atom. The molecule has 2 unspecified atom stereocenters. The number of allylic oxidation sites excluding steroid dienone is 4. The van der Waals surface area contributed by atoms with E-state index in [1.165, 1.54) is 167 Å². The van der Waals surface area contributed by atoms with Gasteiger partial charge in [0.25, 0.3) is 0 Å². The highest BCUT2D eigenvalue weighted by molar-refractivity contribution is 5.76. The highest BCUT2D eigenvalue weighted by Gasteiger charge is 2.20. The van der Waals surface area contributed by atoms with Crippen molar-refractivity contribution in [3.8, 4) is 0 Å². The molecule has 0 spiro atoms. The van der Waals surface area contributed by atoms with Crippen LogP contribution in [0.25, 0.3) is 0 Å². The zero-order valence-electron chi connectivity index (χ0n) is 37.4. The van der Waals surface area contributed by atoms with Crippen molar-refractivity contribution in [2.75, 3.05) is 13.2 Å². The van der Waals surface area contributed by atoms with Crippen LogP contribution in [0, 0.1) is 0 Å². The minimum Gasteiger partial charge on any atom is -0.466 e. The number of aliphatic hydroxyl groups excluding tert-OH is 2. The summed E-state index contributed by atoms with van der Waals surface area (Å²) in [5.41, 5.74) is 0. The molecule has 0 aromatic heterocycles. The highest BCUT2D eigenvalue weighted by atomic mass is 16.5. The molecule has 330 valence electrons. The SMILES string of the molecule is CCCC/C=C\CCCCCCCC(=O)OCCCCCCCCCCC/C=C\CCCCCCCC(=O)NC(CO)C(O)CCCCCCCCCCCC. The third-order valence-corrected chi connectivity index (χ3v) is 11.2. The fourth-order valence-electron chi connectivity index (χ4n) is 7.38. The van der Waals surface area contributed by atoms with Crippen molar-refractivity contribution in [1.82, 2.24) is 5.32 Å². The first-order chi connectivity index (χ1) is 27.5. The van der Waals surface area contributed by atoms with Crippen LogP contribution < -0.4 is 5.32 Å². The lowest BCUT2D eigenvalue weighted by molar-refractivity contribution is -0.143. The molecule has 0 radical (unpaired) electrons. The normalized spacial score (nSPS) is 12.9. The summed E-state index contributed by atoms with van der Waals surface area (Å²) in [7, 11) is 0. The van der Waals surface area contributed by atoms with Gasteiger partial charge >= 0.3 is 5.97 Å². The zero-order valence-corrected chi connectivity index (χ0v) is 37.4. The molecule has 0 saturated heterocycles. The van der Waals surface area contributed by atoms with E-state index >= 15 is 0 Å². The number of nitrogens with one attached hydrogen (secondary N) is 1. The van der Waals surface area contributed by atoms with Gasteiger partial charge in [-0.2, -0.15) is 0 Å². The monoisotopic (exact) mass is 790 g/mol. The van der Waals surface area contributed by atoms with Crippen LogP contribution >= 0.6 is 0 Å². The molecule has 0 aliphatic rings. The Morgan fingerprint density at radius 1 is 0.482 bits per heavy atom. The van der Waals surface area contributed by atoms with Gasteiger partial charge in [-0.1, -0.05) is 199 Å². The van der Waals surface area contributed by atoms with E-state index in [1.807, 2.05) is 0 Å². The molecule has 56 heavy (non-hydrogen) atoms. The summed E-state index contributed by atoms with van der Waals surface area (Å²) in [6.45, 7) is 4.87. The van der Waals surface area contributed by atoms with Gasteiger partial charge in [0.05, 0.1) is 25.4 Å². The predicted molar refractivity (Wildman–Crippen MR) is 241 cm³/mol. The maximum absolute atomic E-state index is 12.4. The van der Waals surface area contributed by atoms with Crippen molar-refractivity contribution in [3.63, 3.8) is 0 Å². The van der Waals surface area contributed by atoms with Crippen LogP contribution in [-0.4, -0.2) is 47.4 Å². The summed E-state index contributed by atoms with van der Waals surface area (Å²) >= 11 is 0. The summed E-state index contributed by atoms with van der Waals surface area (Å²) in [5.74, 6) is -0.0607. The number of esters is 1. The Bertz CT molecular complexity index is 874. The lowest BCUT2D eigenvalue weighted by atomic mass is 10.0. The third kappa shape index (κ3) is 42.0. The molecular formula is C50H95NO5. The van der Waals surface area contributed by atoms with Crippen molar-refractivity contribution in [2.24, 2.45) is 0 Å². The maximum Gasteiger partial charge on any atom is 0.305 e. The van der Waals surface area contributed by atoms with Crippen LogP contribution in [0.5, 0.6) is 0 Å². The average Bonchev–Trinajstić information content (AvgIpc) is 3.20. The standard InChI is InChI=1S/C50H95NO5/c1-3-5-7-9-11-13-23-28-32-36-40-44-50(55)56-45-41-37-33-29-25-22-20-18-16-15-17-19-21-24-27-31-35-39-43-49(54)51-47(46-52)48(53)42-38-34-30-26-14-12-10-8-6-4-2/h9,11,17,19,47-48,52-53H,3-8,10,12-16,18,20-46H2,1-2H3,(H,51,54)/b11-9-,19-17-. The van der Waals surface area contributed by atoms with E-state index in [2.05, 4.69) is 43.5 Å². The van der Waals surface area contributed by atoms with E-state index in [4.69, 9.17) is 4.74 Å². The second-order valence-electron chi connectivity index (χ2n) is 16.8. The van der Waals surface area contributed by atoms with Gasteiger partial charge in [0.1, 0.15) is 0 Å². The van der Waals surface area contributed by atoms with Crippen molar-refractivity contribution in [3.05, 3.63) is 24.3 Å². The van der Waals surface area contributed by atoms with Crippen molar-refractivity contribution < 1.29 is 24.5 Å². The van der Waals surface area contributed by atoms with E-state index in [1.54, 1.807) is 0 Å². The smallest absolute Gasteiger partial charge is 0.305 e. The van der Waals surface area contributed by atoms with Gasteiger partial charge in [-0.3, -0.25) is 9.59 Å². The Morgan fingerprint density at radius 3 is 1.32 bits per heavy atom. The van der Waals surface area contributed by atoms with E-state index < -0.39 is 12.1 Å². The second kappa shape index (κ2) is 46.0. The third-order valence-electron chi connectivity index (χ3n) is 11.2. The van der Waals surface area contributed by atoms with Crippen LogP contribution in [-0.2, 0) is 14.3 Å². The van der Waals surface area contributed by atoms with Gasteiger partial charge in [-0.25, -0.2) is 0 Å². The van der Waals surface area contributed by atoms with Crippen LogP contribution in [0.15, 0.2) is 24.3 Å².